The third-order valence-corrected chi connectivity index (χ3v) is 4.79. The number of rotatable bonds is 2. The van der Waals surface area contributed by atoms with Crippen molar-refractivity contribution in [3.8, 4) is 0 Å². The van der Waals surface area contributed by atoms with Gasteiger partial charge in [0.2, 0.25) is 0 Å². The molecule has 4 rings (SSSR count). The van der Waals surface area contributed by atoms with Crippen molar-refractivity contribution in [2.24, 2.45) is 0 Å². The van der Waals surface area contributed by atoms with Gasteiger partial charge in [0.1, 0.15) is 0 Å². The van der Waals surface area contributed by atoms with E-state index in [4.69, 9.17) is 4.74 Å². The summed E-state index contributed by atoms with van der Waals surface area (Å²) in [6.07, 6.45) is 5.08. The first-order valence-corrected chi connectivity index (χ1v) is 8.23. The molecule has 0 N–H and O–H groups in total. The molecule has 3 heterocycles. The summed E-state index contributed by atoms with van der Waals surface area (Å²) in [5.41, 5.74) is 2.53. The number of aromatic nitrogens is 1. The number of nitrogens with zero attached hydrogens (tertiary/aromatic N) is 2. The van der Waals surface area contributed by atoms with Crippen LogP contribution >= 0.6 is 0 Å². The van der Waals surface area contributed by atoms with Gasteiger partial charge < -0.3 is 9.64 Å². The van der Waals surface area contributed by atoms with E-state index in [0.717, 1.165) is 24.0 Å². The van der Waals surface area contributed by atoms with Gasteiger partial charge in [-0.3, -0.25) is 9.78 Å². The lowest BCUT2D eigenvalue weighted by molar-refractivity contribution is -0.142. The minimum atomic E-state index is -0.727. The summed E-state index contributed by atoms with van der Waals surface area (Å²) >= 11 is 0. The molecule has 0 unspecified atom stereocenters. The van der Waals surface area contributed by atoms with Crippen molar-refractivity contribution < 1.29 is 14.3 Å². The number of pyridine rings is 1. The molecule has 1 saturated heterocycles. The number of esters is 1. The van der Waals surface area contributed by atoms with Crippen molar-refractivity contribution in [3.05, 3.63) is 65.5 Å². The fourth-order valence-electron chi connectivity index (χ4n) is 3.62. The zero-order valence-corrected chi connectivity index (χ0v) is 13.2. The predicted molar refractivity (Wildman–Crippen MR) is 87.3 cm³/mol. The maximum absolute atomic E-state index is 13.0. The zero-order chi connectivity index (χ0) is 16.5. The molecule has 2 aliphatic rings. The molecule has 0 saturated carbocycles. The lowest BCUT2D eigenvalue weighted by atomic mass is 9.97. The molecule has 2 atom stereocenters. The van der Waals surface area contributed by atoms with Crippen molar-refractivity contribution in [2.75, 3.05) is 6.54 Å². The molecule has 1 aromatic heterocycles. The van der Waals surface area contributed by atoms with Gasteiger partial charge in [-0.25, -0.2) is 4.79 Å². The topological polar surface area (TPSA) is 59.5 Å². The van der Waals surface area contributed by atoms with Crippen molar-refractivity contribution >= 4 is 11.9 Å². The van der Waals surface area contributed by atoms with E-state index in [9.17, 15) is 9.59 Å². The Morgan fingerprint density at radius 3 is 2.79 bits per heavy atom. The number of carbonyl (C=O) groups is 2. The maximum atomic E-state index is 13.0. The van der Waals surface area contributed by atoms with E-state index >= 15 is 0 Å². The summed E-state index contributed by atoms with van der Waals surface area (Å²) in [6, 6.07) is 11.2. The van der Waals surface area contributed by atoms with Gasteiger partial charge >= 0.3 is 5.97 Å². The van der Waals surface area contributed by atoms with Crippen LogP contribution in [0, 0.1) is 0 Å². The van der Waals surface area contributed by atoms with Gasteiger partial charge in [0.05, 0.1) is 11.6 Å². The molecule has 2 aromatic rings. The molecule has 122 valence electrons. The van der Waals surface area contributed by atoms with Crippen LogP contribution in [0.1, 0.15) is 40.4 Å². The molecule has 2 aliphatic heterocycles. The molecule has 0 radical (unpaired) electrons. The SMILES string of the molecule is O=C1O[C@H](C(=O)N2CCC[C@@H]2c2ccncc2)Cc2ccccc21. The molecule has 5 nitrogen and oxygen atoms in total. The Labute approximate surface area is 140 Å². The van der Waals surface area contributed by atoms with Crippen LogP contribution in [0.4, 0.5) is 0 Å². The van der Waals surface area contributed by atoms with E-state index in [1.54, 1.807) is 18.5 Å². The van der Waals surface area contributed by atoms with Gasteiger partial charge in [-0.15, -0.1) is 0 Å². The largest absolute Gasteiger partial charge is 0.448 e. The average Bonchev–Trinajstić information content (AvgIpc) is 3.11. The van der Waals surface area contributed by atoms with Crippen molar-refractivity contribution in [1.29, 1.82) is 0 Å². The summed E-state index contributed by atoms with van der Waals surface area (Å²) in [6.45, 7) is 0.696. The maximum Gasteiger partial charge on any atom is 0.339 e. The van der Waals surface area contributed by atoms with Crippen molar-refractivity contribution in [2.45, 2.75) is 31.4 Å². The Hall–Kier alpha value is -2.69. The molecule has 0 bridgehead atoms. The number of cyclic esters (lactones) is 1. The van der Waals surface area contributed by atoms with Crippen molar-refractivity contribution in [3.63, 3.8) is 0 Å². The molecule has 0 aliphatic carbocycles. The van der Waals surface area contributed by atoms with E-state index in [1.807, 2.05) is 35.2 Å². The number of fused-ring (bicyclic) bond motifs is 1. The van der Waals surface area contributed by atoms with Crippen LogP contribution in [-0.4, -0.2) is 34.4 Å². The van der Waals surface area contributed by atoms with Crippen molar-refractivity contribution in [1.82, 2.24) is 9.88 Å². The van der Waals surface area contributed by atoms with Gasteiger partial charge in [-0.1, -0.05) is 18.2 Å². The smallest absolute Gasteiger partial charge is 0.339 e. The Bertz CT molecular complexity index is 775. The van der Waals surface area contributed by atoms with E-state index in [-0.39, 0.29) is 11.9 Å². The highest BCUT2D eigenvalue weighted by molar-refractivity contribution is 5.95. The number of likely N-dealkylation sites (tertiary alicyclic amines) is 1. The van der Waals surface area contributed by atoms with Crippen LogP contribution in [-0.2, 0) is 16.0 Å². The minimum absolute atomic E-state index is 0.0383. The first-order valence-electron chi connectivity index (χ1n) is 8.23. The predicted octanol–water partition coefficient (Wildman–Crippen LogP) is 2.53. The fourth-order valence-corrected chi connectivity index (χ4v) is 3.62. The number of hydrogen-bond acceptors (Lipinski definition) is 4. The lowest BCUT2D eigenvalue weighted by Crippen LogP contribution is -2.44. The van der Waals surface area contributed by atoms with Crippen LogP contribution in [0.15, 0.2) is 48.8 Å². The fraction of sp³-hybridized carbons (Fsp3) is 0.316. The van der Waals surface area contributed by atoms with Crippen LogP contribution < -0.4 is 0 Å². The summed E-state index contributed by atoms with van der Waals surface area (Å²) in [5.74, 6) is -0.507. The van der Waals surface area contributed by atoms with E-state index < -0.39 is 12.1 Å². The van der Waals surface area contributed by atoms with Gasteiger partial charge in [0.25, 0.3) is 5.91 Å². The first kappa shape index (κ1) is 14.9. The van der Waals surface area contributed by atoms with E-state index in [1.165, 1.54) is 0 Å². The average molecular weight is 322 g/mol. The highest BCUT2D eigenvalue weighted by Gasteiger charge is 2.38. The quantitative estimate of drug-likeness (QED) is 0.797. The van der Waals surface area contributed by atoms with E-state index in [2.05, 4.69) is 4.98 Å². The molecular weight excluding hydrogens is 304 g/mol. The monoisotopic (exact) mass is 322 g/mol. The first-order chi connectivity index (χ1) is 11.7. The van der Waals surface area contributed by atoms with Crippen LogP contribution in [0.2, 0.25) is 0 Å². The number of hydrogen-bond donors (Lipinski definition) is 0. The van der Waals surface area contributed by atoms with Gasteiger partial charge in [-0.05, 0) is 42.2 Å². The van der Waals surface area contributed by atoms with Crippen LogP contribution in [0.5, 0.6) is 0 Å². The summed E-state index contributed by atoms with van der Waals surface area (Å²) in [7, 11) is 0. The second-order valence-electron chi connectivity index (χ2n) is 6.23. The van der Waals surface area contributed by atoms with Gasteiger partial charge in [0, 0.05) is 25.4 Å². The lowest BCUT2D eigenvalue weighted by Gasteiger charge is -2.31. The Balaban J connectivity index is 1.57. The Morgan fingerprint density at radius 2 is 1.96 bits per heavy atom. The highest BCUT2D eigenvalue weighted by Crippen LogP contribution is 2.33. The molecule has 1 aromatic carbocycles. The number of ether oxygens (including phenoxy) is 1. The molecule has 1 fully saturated rings. The zero-order valence-electron chi connectivity index (χ0n) is 13.2. The molecular formula is C19H18N2O3. The number of carbonyl (C=O) groups excluding carboxylic acids is 2. The highest BCUT2D eigenvalue weighted by atomic mass is 16.5. The third-order valence-electron chi connectivity index (χ3n) is 4.79. The van der Waals surface area contributed by atoms with Gasteiger partial charge in [-0.2, -0.15) is 0 Å². The molecule has 24 heavy (non-hydrogen) atoms. The Kier molecular flexibility index (Phi) is 3.76. The summed E-state index contributed by atoms with van der Waals surface area (Å²) in [5, 5.41) is 0. The molecule has 0 spiro atoms. The summed E-state index contributed by atoms with van der Waals surface area (Å²) in [4.78, 5) is 31.0. The molecule has 5 heteroatoms. The Morgan fingerprint density at radius 1 is 1.17 bits per heavy atom. The summed E-state index contributed by atoms with van der Waals surface area (Å²) < 4.78 is 5.43. The number of benzene rings is 1. The second-order valence-corrected chi connectivity index (χ2v) is 6.23. The second kappa shape index (κ2) is 6.07. The number of amides is 1. The molecule has 1 amide bonds. The van der Waals surface area contributed by atoms with E-state index in [0.29, 0.717) is 18.5 Å². The van der Waals surface area contributed by atoms with Crippen LogP contribution in [0.3, 0.4) is 0 Å². The van der Waals surface area contributed by atoms with Crippen LogP contribution in [0.25, 0.3) is 0 Å². The van der Waals surface area contributed by atoms with Gasteiger partial charge in [0.15, 0.2) is 6.10 Å². The normalized spacial score (nSPS) is 22.8. The minimum Gasteiger partial charge on any atom is -0.448 e. The third kappa shape index (κ3) is 2.56. The standard InChI is InChI=1S/C19H18N2O3/c22-18(17-12-14-4-1-2-5-15(14)19(23)24-17)21-11-3-6-16(21)13-7-9-20-10-8-13/h1-2,4-5,7-10,16-17H,3,6,11-12H2/t16-,17+/m1/s1.